The number of hydrogen-bond donors (Lipinski definition) is 0. The zero-order chi connectivity index (χ0) is 23.9. The SMILES string of the molecule is CCN1CC2(CCN(c3ccc(Cc4ncc(C)c(-c5cnn(C(C)C)c5)n4)cc3F)CC2)C1. The van der Waals surface area contributed by atoms with Gasteiger partial charge in [-0.2, -0.15) is 5.10 Å². The zero-order valence-electron chi connectivity index (χ0n) is 20.8. The van der Waals surface area contributed by atoms with Crippen molar-refractivity contribution in [1.29, 1.82) is 0 Å². The van der Waals surface area contributed by atoms with E-state index in [0.29, 0.717) is 23.7 Å². The van der Waals surface area contributed by atoms with Crippen LogP contribution in [0.15, 0.2) is 36.8 Å². The fourth-order valence-electron chi connectivity index (χ4n) is 5.36. The van der Waals surface area contributed by atoms with Gasteiger partial charge in [-0.25, -0.2) is 14.4 Å². The van der Waals surface area contributed by atoms with Gasteiger partial charge in [-0.05, 0) is 68.8 Å². The number of piperidine rings is 1. The summed E-state index contributed by atoms with van der Waals surface area (Å²) in [5, 5.41) is 4.44. The van der Waals surface area contributed by atoms with Crippen molar-refractivity contribution in [3.8, 4) is 11.3 Å². The van der Waals surface area contributed by atoms with Crippen molar-refractivity contribution in [2.24, 2.45) is 5.41 Å². The number of halogens is 1. The van der Waals surface area contributed by atoms with Crippen LogP contribution in [-0.4, -0.2) is 57.4 Å². The molecular weight excluding hydrogens is 427 g/mol. The predicted molar refractivity (Wildman–Crippen MR) is 134 cm³/mol. The summed E-state index contributed by atoms with van der Waals surface area (Å²) in [7, 11) is 0. The normalized spacial score (nSPS) is 18.0. The number of aromatic nitrogens is 4. The van der Waals surface area contributed by atoms with Crippen molar-refractivity contribution in [3.63, 3.8) is 0 Å². The van der Waals surface area contributed by atoms with Crippen molar-refractivity contribution in [1.82, 2.24) is 24.6 Å². The molecule has 2 aliphatic heterocycles. The van der Waals surface area contributed by atoms with Gasteiger partial charge in [-0.3, -0.25) is 4.68 Å². The summed E-state index contributed by atoms with van der Waals surface area (Å²) in [5.74, 6) is 0.540. The molecule has 7 heteroatoms. The van der Waals surface area contributed by atoms with Gasteiger partial charge in [-0.1, -0.05) is 13.0 Å². The van der Waals surface area contributed by atoms with Crippen LogP contribution in [0.1, 0.15) is 56.6 Å². The third-order valence-corrected chi connectivity index (χ3v) is 7.53. The van der Waals surface area contributed by atoms with Crippen LogP contribution in [0, 0.1) is 18.2 Å². The van der Waals surface area contributed by atoms with Crippen LogP contribution in [0.2, 0.25) is 0 Å². The van der Waals surface area contributed by atoms with Crippen LogP contribution >= 0.6 is 0 Å². The summed E-state index contributed by atoms with van der Waals surface area (Å²) in [5.41, 5.74) is 4.94. The highest BCUT2D eigenvalue weighted by Gasteiger charge is 2.44. The summed E-state index contributed by atoms with van der Waals surface area (Å²) < 4.78 is 17.1. The largest absolute Gasteiger partial charge is 0.369 e. The van der Waals surface area contributed by atoms with Crippen LogP contribution < -0.4 is 4.90 Å². The van der Waals surface area contributed by atoms with Crippen LogP contribution in [-0.2, 0) is 6.42 Å². The fraction of sp³-hybridized carbons (Fsp3) is 0.519. The molecule has 34 heavy (non-hydrogen) atoms. The Morgan fingerprint density at radius 2 is 1.88 bits per heavy atom. The molecule has 4 heterocycles. The number of rotatable bonds is 6. The topological polar surface area (TPSA) is 50.1 Å². The highest BCUT2D eigenvalue weighted by molar-refractivity contribution is 5.60. The molecule has 6 nitrogen and oxygen atoms in total. The lowest BCUT2D eigenvalue weighted by Crippen LogP contribution is -2.60. The quantitative estimate of drug-likeness (QED) is 0.523. The van der Waals surface area contributed by atoms with Crippen LogP contribution in [0.4, 0.5) is 10.1 Å². The van der Waals surface area contributed by atoms with E-state index in [-0.39, 0.29) is 5.82 Å². The smallest absolute Gasteiger partial charge is 0.146 e. The van der Waals surface area contributed by atoms with E-state index in [2.05, 4.69) is 40.7 Å². The highest BCUT2D eigenvalue weighted by Crippen LogP contribution is 2.41. The van der Waals surface area contributed by atoms with Gasteiger partial charge in [0, 0.05) is 56.6 Å². The molecule has 5 rings (SSSR count). The van der Waals surface area contributed by atoms with Gasteiger partial charge in [0.1, 0.15) is 11.6 Å². The van der Waals surface area contributed by atoms with Gasteiger partial charge >= 0.3 is 0 Å². The lowest BCUT2D eigenvalue weighted by Gasteiger charge is -2.54. The molecular formula is C27H35FN6. The number of likely N-dealkylation sites (tertiary alicyclic amines) is 1. The Bertz CT molecular complexity index is 1150. The summed E-state index contributed by atoms with van der Waals surface area (Å²) in [4.78, 5) is 14.0. The average molecular weight is 463 g/mol. The van der Waals surface area contributed by atoms with Gasteiger partial charge in [0.05, 0.1) is 17.6 Å². The number of benzene rings is 1. The second-order valence-electron chi connectivity index (χ2n) is 10.4. The minimum atomic E-state index is -0.150. The maximum atomic E-state index is 15.1. The van der Waals surface area contributed by atoms with E-state index in [1.807, 2.05) is 42.3 Å². The van der Waals surface area contributed by atoms with E-state index >= 15 is 4.39 Å². The van der Waals surface area contributed by atoms with Gasteiger partial charge < -0.3 is 9.80 Å². The number of nitrogens with zero attached hydrogens (tertiary/aromatic N) is 6. The van der Waals surface area contributed by atoms with Crippen LogP contribution in [0.25, 0.3) is 11.3 Å². The van der Waals surface area contributed by atoms with E-state index in [9.17, 15) is 0 Å². The fourth-order valence-corrected chi connectivity index (χ4v) is 5.36. The lowest BCUT2D eigenvalue weighted by atomic mass is 9.72. The van der Waals surface area contributed by atoms with E-state index in [0.717, 1.165) is 60.5 Å². The van der Waals surface area contributed by atoms with Crippen molar-refractivity contribution in [3.05, 3.63) is 59.6 Å². The maximum absolute atomic E-state index is 15.1. The molecule has 0 bridgehead atoms. The van der Waals surface area contributed by atoms with E-state index in [1.165, 1.54) is 13.1 Å². The summed E-state index contributed by atoms with van der Waals surface area (Å²) in [6, 6.07) is 5.90. The van der Waals surface area contributed by atoms with Crippen molar-refractivity contribution in [2.45, 2.75) is 53.0 Å². The van der Waals surface area contributed by atoms with Gasteiger partial charge in [-0.15, -0.1) is 0 Å². The molecule has 0 atom stereocenters. The van der Waals surface area contributed by atoms with E-state index in [4.69, 9.17) is 4.98 Å². The van der Waals surface area contributed by atoms with Crippen LogP contribution in [0.3, 0.4) is 0 Å². The first-order valence-corrected chi connectivity index (χ1v) is 12.5. The van der Waals surface area contributed by atoms with Crippen molar-refractivity contribution < 1.29 is 4.39 Å². The maximum Gasteiger partial charge on any atom is 0.146 e. The molecule has 2 aliphatic rings. The molecule has 2 saturated heterocycles. The molecule has 1 spiro atoms. The van der Waals surface area contributed by atoms with Gasteiger partial charge in [0.25, 0.3) is 0 Å². The molecule has 1 aromatic carbocycles. The van der Waals surface area contributed by atoms with Crippen molar-refractivity contribution >= 4 is 5.69 Å². The molecule has 0 radical (unpaired) electrons. The highest BCUT2D eigenvalue weighted by atomic mass is 19.1. The monoisotopic (exact) mass is 462 g/mol. The molecule has 0 N–H and O–H groups in total. The standard InChI is InChI=1S/C27H35FN6/c1-5-32-17-27(18-32)8-10-33(11-9-27)24-7-6-21(12-23(24)28)13-25-29-14-20(4)26(31-25)22-15-30-34(16-22)19(2)3/h6-7,12,14-16,19H,5,8-11,13,17-18H2,1-4H3. The summed E-state index contributed by atoms with van der Waals surface area (Å²) in [6.07, 6.45) is 8.51. The molecule has 0 unspecified atom stereocenters. The second-order valence-corrected chi connectivity index (χ2v) is 10.4. The first-order valence-electron chi connectivity index (χ1n) is 12.5. The molecule has 0 saturated carbocycles. The number of aryl methyl sites for hydroxylation is 1. The molecule has 0 aliphatic carbocycles. The Morgan fingerprint density at radius 3 is 2.53 bits per heavy atom. The zero-order valence-corrected chi connectivity index (χ0v) is 20.8. The average Bonchev–Trinajstić information content (AvgIpc) is 3.30. The molecule has 0 amide bonds. The predicted octanol–water partition coefficient (Wildman–Crippen LogP) is 4.88. The third kappa shape index (κ3) is 4.45. The van der Waals surface area contributed by atoms with Crippen LogP contribution in [0.5, 0.6) is 0 Å². The Balaban J connectivity index is 1.27. The molecule has 2 aromatic heterocycles. The number of anilines is 1. The first-order chi connectivity index (χ1) is 16.4. The van der Waals surface area contributed by atoms with Crippen molar-refractivity contribution in [2.75, 3.05) is 37.6 Å². The van der Waals surface area contributed by atoms with E-state index < -0.39 is 0 Å². The Labute approximate surface area is 201 Å². The molecule has 3 aromatic rings. The molecule has 180 valence electrons. The minimum Gasteiger partial charge on any atom is -0.369 e. The second kappa shape index (κ2) is 9.10. The Morgan fingerprint density at radius 1 is 1.12 bits per heavy atom. The Kier molecular flexibility index (Phi) is 6.15. The summed E-state index contributed by atoms with van der Waals surface area (Å²) >= 11 is 0. The van der Waals surface area contributed by atoms with Gasteiger partial charge in [0.15, 0.2) is 0 Å². The third-order valence-electron chi connectivity index (χ3n) is 7.53. The van der Waals surface area contributed by atoms with Gasteiger partial charge in [0.2, 0.25) is 0 Å². The Hall–Kier alpha value is -2.80. The minimum absolute atomic E-state index is 0.150. The molecule has 2 fully saturated rings. The van der Waals surface area contributed by atoms with E-state index in [1.54, 1.807) is 6.07 Å². The number of hydrogen-bond acceptors (Lipinski definition) is 5. The summed E-state index contributed by atoms with van der Waals surface area (Å²) in [6.45, 7) is 13.8. The lowest BCUT2D eigenvalue weighted by molar-refractivity contribution is -0.0144. The first kappa shape index (κ1) is 23.0.